The van der Waals surface area contributed by atoms with E-state index in [1.165, 1.54) is 19.1 Å². The number of nitrogens with one attached hydrogen (secondary N) is 1. The Morgan fingerprint density at radius 3 is 2.39 bits per heavy atom. The van der Waals surface area contributed by atoms with Gasteiger partial charge >= 0.3 is 0 Å². The summed E-state index contributed by atoms with van der Waals surface area (Å²) in [5, 5.41) is 2.64. The van der Waals surface area contributed by atoms with E-state index in [1.807, 2.05) is 31.1 Å². The monoisotopic (exact) mass is 488 g/mol. The maximum atomic E-state index is 13.6. The third kappa shape index (κ3) is 5.46. The molecule has 0 saturated carbocycles. The van der Waals surface area contributed by atoms with E-state index in [4.69, 9.17) is 11.6 Å². The van der Waals surface area contributed by atoms with Gasteiger partial charge in [0.2, 0.25) is 0 Å². The molecule has 1 saturated heterocycles. The Balaban J connectivity index is 1.86. The quantitative estimate of drug-likeness (QED) is 0.603. The predicted molar refractivity (Wildman–Crippen MR) is 120 cm³/mol. The summed E-state index contributed by atoms with van der Waals surface area (Å²) in [6.07, 6.45) is 0. The third-order valence-electron chi connectivity index (χ3n) is 5.61. The van der Waals surface area contributed by atoms with Gasteiger partial charge in [-0.25, -0.2) is 21.2 Å². The van der Waals surface area contributed by atoms with Crippen LogP contribution in [0.25, 0.3) is 0 Å². The molecule has 0 bridgehead atoms. The van der Waals surface area contributed by atoms with Crippen LogP contribution < -0.4 is 5.32 Å². The van der Waals surface area contributed by atoms with Gasteiger partial charge in [-0.1, -0.05) is 23.7 Å². The molecule has 1 heterocycles. The average molecular weight is 489 g/mol. The number of likely N-dealkylation sites (N-methyl/N-ethyl adjacent to an activating group) is 1. The molecular formula is C21H26ClFN2O4S2. The van der Waals surface area contributed by atoms with Crippen LogP contribution in [0.2, 0.25) is 5.02 Å². The van der Waals surface area contributed by atoms with Crippen molar-refractivity contribution in [3.63, 3.8) is 0 Å². The molecule has 0 aliphatic carbocycles. The third-order valence-corrected chi connectivity index (χ3v) is 10.0. The summed E-state index contributed by atoms with van der Waals surface area (Å²) in [5.74, 6) is -1.24. The fourth-order valence-electron chi connectivity index (χ4n) is 3.83. The maximum Gasteiger partial charge on any atom is 0.183 e. The second-order valence-corrected chi connectivity index (χ2v) is 12.9. The largest absolute Gasteiger partial charge is 0.310 e. The molecule has 1 aliphatic rings. The molecule has 31 heavy (non-hydrogen) atoms. The summed E-state index contributed by atoms with van der Waals surface area (Å²) in [6, 6.07) is 9.97. The molecule has 2 aromatic rings. The summed E-state index contributed by atoms with van der Waals surface area (Å²) in [6.45, 7) is 1.83. The van der Waals surface area contributed by atoms with E-state index in [1.54, 1.807) is 12.1 Å². The van der Waals surface area contributed by atoms with E-state index in [-0.39, 0.29) is 22.3 Å². The first-order valence-electron chi connectivity index (χ1n) is 9.76. The Labute approximate surface area is 188 Å². The van der Waals surface area contributed by atoms with Gasteiger partial charge < -0.3 is 10.2 Å². The lowest BCUT2D eigenvalue weighted by Gasteiger charge is -2.28. The molecule has 0 spiro atoms. The number of halogens is 2. The van der Waals surface area contributed by atoms with E-state index in [0.717, 1.165) is 11.6 Å². The van der Waals surface area contributed by atoms with E-state index in [0.29, 0.717) is 11.6 Å². The maximum absolute atomic E-state index is 13.6. The number of hydrogen-bond donors (Lipinski definition) is 1. The first-order valence-corrected chi connectivity index (χ1v) is 13.5. The normalized spacial score (nSPS) is 22.0. The number of benzene rings is 2. The van der Waals surface area contributed by atoms with Gasteiger partial charge in [0, 0.05) is 23.7 Å². The van der Waals surface area contributed by atoms with Crippen LogP contribution in [0.4, 0.5) is 4.39 Å². The van der Waals surface area contributed by atoms with Crippen LogP contribution in [-0.4, -0.2) is 65.2 Å². The van der Waals surface area contributed by atoms with Gasteiger partial charge in [-0.05, 0) is 62.5 Å². The molecule has 10 heteroatoms. The van der Waals surface area contributed by atoms with E-state index in [9.17, 15) is 21.2 Å². The zero-order valence-corrected chi connectivity index (χ0v) is 19.9. The van der Waals surface area contributed by atoms with Gasteiger partial charge in [-0.2, -0.15) is 0 Å². The summed E-state index contributed by atoms with van der Waals surface area (Å²) in [5.41, 5.74) is 1.16. The standard InChI is InChI=1S/C21H26ClFN2O4S2/c1-14-10-17(8-9-18(14)23)31(28,29)21-13-30(26,27)12-19(21)24-11-20(25(2)3)15-4-6-16(22)7-5-15/h4-10,19-21,24H,11-13H2,1-3H3/t19-,20?,21-/m0/s1. The zero-order valence-electron chi connectivity index (χ0n) is 17.5. The van der Waals surface area contributed by atoms with Crippen LogP contribution in [0.5, 0.6) is 0 Å². The van der Waals surface area contributed by atoms with Gasteiger partial charge in [-0.15, -0.1) is 0 Å². The highest BCUT2D eigenvalue weighted by Crippen LogP contribution is 2.28. The fraction of sp³-hybridized carbons (Fsp3) is 0.429. The molecular weight excluding hydrogens is 463 g/mol. The Bertz CT molecular complexity index is 1150. The first-order chi connectivity index (χ1) is 14.4. The van der Waals surface area contributed by atoms with Crippen LogP contribution in [-0.2, 0) is 19.7 Å². The van der Waals surface area contributed by atoms with Crippen molar-refractivity contribution >= 4 is 31.3 Å². The topological polar surface area (TPSA) is 83.5 Å². The Hall–Kier alpha value is -1.52. The van der Waals surface area contributed by atoms with Crippen molar-refractivity contribution in [1.29, 1.82) is 0 Å². The minimum atomic E-state index is -3.98. The van der Waals surface area contributed by atoms with Gasteiger partial charge in [-0.3, -0.25) is 0 Å². The molecule has 2 aromatic carbocycles. The molecule has 1 unspecified atom stereocenters. The molecule has 0 radical (unpaired) electrons. The molecule has 1 N–H and O–H groups in total. The summed E-state index contributed by atoms with van der Waals surface area (Å²) in [4.78, 5) is 1.90. The molecule has 3 rings (SSSR count). The number of rotatable bonds is 7. The van der Waals surface area contributed by atoms with E-state index >= 15 is 0 Å². The molecule has 170 valence electrons. The summed E-state index contributed by atoms with van der Waals surface area (Å²) in [7, 11) is -3.73. The minimum absolute atomic E-state index is 0.0674. The van der Waals surface area contributed by atoms with Crippen LogP contribution in [0.1, 0.15) is 17.2 Å². The number of aryl methyl sites for hydroxylation is 1. The van der Waals surface area contributed by atoms with Crippen molar-refractivity contribution in [1.82, 2.24) is 10.2 Å². The van der Waals surface area contributed by atoms with Crippen molar-refractivity contribution in [3.05, 3.63) is 64.4 Å². The van der Waals surface area contributed by atoms with Gasteiger partial charge in [0.25, 0.3) is 0 Å². The zero-order chi connectivity index (χ0) is 23.0. The highest BCUT2D eigenvalue weighted by Gasteiger charge is 2.46. The molecule has 0 aromatic heterocycles. The van der Waals surface area contributed by atoms with Gasteiger partial charge in [0.15, 0.2) is 19.7 Å². The molecule has 6 nitrogen and oxygen atoms in total. The smallest absolute Gasteiger partial charge is 0.183 e. The predicted octanol–water partition coefficient (Wildman–Crippen LogP) is 2.62. The Morgan fingerprint density at radius 1 is 1.16 bits per heavy atom. The van der Waals surface area contributed by atoms with E-state index in [2.05, 4.69) is 5.32 Å². The van der Waals surface area contributed by atoms with Crippen molar-refractivity contribution < 1.29 is 21.2 Å². The number of sulfone groups is 2. The van der Waals surface area contributed by atoms with Crippen LogP contribution >= 0.6 is 11.6 Å². The molecule has 3 atom stereocenters. The lowest BCUT2D eigenvalue weighted by Crippen LogP contribution is -2.46. The Morgan fingerprint density at radius 2 is 1.81 bits per heavy atom. The van der Waals surface area contributed by atoms with Crippen LogP contribution in [0.3, 0.4) is 0 Å². The molecule has 1 fully saturated rings. The average Bonchev–Trinajstić information content (AvgIpc) is 3.00. The van der Waals surface area contributed by atoms with Gasteiger partial charge in [0.05, 0.1) is 21.7 Å². The first kappa shape index (κ1) is 24.1. The molecule has 1 aliphatic heterocycles. The van der Waals surface area contributed by atoms with Gasteiger partial charge in [0.1, 0.15) is 5.82 Å². The minimum Gasteiger partial charge on any atom is -0.310 e. The number of hydrogen-bond acceptors (Lipinski definition) is 6. The van der Waals surface area contributed by atoms with Crippen molar-refractivity contribution in [2.24, 2.45) is 0 Å². The van der Waals surface area contributed by atoms with Crippen LogP contribution in [0, 0.1) is 12.7 Å². The highest BCUT2D eigenvalue weighted by atomic mass is 35.5. The number of nitrogens with zero attached hydrogens (tertiary/aromatic N) is 1. The van der Waals surface area contributed by atoms with E-state index < -0.39 is 42.5 Å². The second-order valence-electron chi connectivity index (χ2n) is 8.12. The van der Waals surface area contributed by atoms with Crippen molar-refractivity contribution in [3.8, 4) is 0 Å². The fourth-order valence-corrected chi connectivity index (χ4v) is 8.75. The summed E-state index contributed by atoms with van der Waals surface area (Å²) < 4.78 is 64.8. The molecule has 0 amide bonds. The lowest BCUT2D eigenvalue weighted by atomic mass is 10.1. The van der Waals surface area contributed by atoms with Crippen molar-refractivity contribution in [2.45, 2.75) is 29.2 Å². The Kier molecular flexibility index (Phi) is 7.12. The van der Waals surface area contributed by atoms with Crippen LogP contribution in [0.15, 0.2) is 47.4 Å². The highest BCUT2D eigenvalue weighted by molar-refractivity contribution is 7.96. The summed E-state index contributed by atoms with van der Waals surface area (Å²) >= 11 is 5.97. The van der Waals surface area contributed by atoms with Crippen molar-refractivity contribution in [2.75, 3.05) is 32.1 Å². The SMILES string of the molecule is Cc1cc(S(=O)(=O)[C@H]2CS(=O)(=O)C[C@@H]2NCC(c2ccc(Cl)cc2)N(C)C)ccc1F. The second kappa shape index (κ2) is 9.15. The lowest BCUT2D eigenvalue weighted by molar-refractivity contribution is 0.282.